The van der Waals surface area contributed by atoms with Crippen molar-refractivity contribution in [3.63, 3.8) is 0 Å². The third-order valence-corrected chi connectivity index (χ3v) is 5.43. The molecule has 0 radical (unpaired) electrons. The number of hydrogen-bond donors (Lipinski definition) is 1. The Balaban J connectivity index is 1.92. The van der Waals surface area contributed by atoms with Gasteiger partial charge in [-0.15, -0.1) is 0 Å². The fourth-order valence-electron chi connectivity index (χ4n) is 4.74. The molecule has 0 spiro atoms. The summed E-state index contributed by atoms with van der Waals surface area (Å²) in [7, 11) is 0. The van der Waals surface area contributed by atoms with E-state index in [1.54, 1.807) is 0 Å². The van der Waals surface area contributed by atoms with Gasteiger partial charge in [0.05, 0.1) is 5.71 Å². The monoisotopic (exact) mass is 271 g/mol. The highest BCUT2D eigenvalue weighted by Crippen LogP contribution is 2.60. The Morgan fingerprint density at radius 3 is 1.93 bits per heavy atom. The van der Waals surface area contributed by atoms with Crippen molar-refractivity contribution in [1.82, 2.24) is 0 Å². The lowest BCUT2D eigenvalue weighted by atomic mass is 9.48. The van der Waals surface area contributed by atoms with Gasteiger partial charge in [-0.05, 0) is 56.3 Å². The van der Waals surface area contributed by atoms with E-state index in [1.165, 1.54) is 38.5 Å². The smallest absolute Gasteiger partial charge is 0.0737 e. The van der Waals surface area contributed by atoms with Crippen LogP contribution in [0.1, 0.15) is 38.5 Å². The highest BCUT2D eigenvalue weighted by atomic mass is 79.9. The Morgan fingerprint density at radius 2 is 1.60 bits per heavy atom. The summed E-state index contributed by atoms with van der Waals surface area (Å²) in [6.07, 6.45) is 8.18. The van der Waals surface area contributed by atoms with E-state index in [2.05, 4.69) is 21.1 Å². The van der Waals surface area contributed by atoms with E-state index < -0.39 is 0 Å². The average Bonchev–Trinajstić information content (AvgIpc) is 2.16. The van der Waals surface area contributed by atoms with Crippen molar-refractivity contribution < 1.29 is 5.21 Å². The van der Waals surface area contributed by atoms with Gasteiger partial charge in [-0.1, -0.05) is 21.1 Å². The van der Waals surface area contributed by atoms with Crippen LogP contribution in [0, 0.1) is 23.2 Å². The molecule has 4 aliphatic rings. The molecule has 0 saturated heterocycles. The fraction of sp³-hybridized carbons (Fsp3) is 0.917. The zero-order chi connectivity index (χ0) is 10.5. The van der Waals surface area contributed by atoms with Crippen LogP contribution in [-0.4, -0.2) is 16.2 Å². The van der Waals surface area contributed by atoms with Gasteiger partial charge in [0, 0.05) is 10.7 Å². The average molecular weight is 272 g/mol. The van der Waals surface area contributed by atoms with Crippen molar-refractivity contribution >= 4 is 21.6 Å². The third-order valence-electron chi connectivity index (χ3n) is 4.90. The molecule has 0 amide bonds. The van der Waals surface area contributed by atoms with Crippen molar-refractivity contribution in [3.8, 4) is 0 Å². The van der Waals surface area contributed by atoms with E-state index in [9.17, 15) is 0 Å². The molecule has 0 atom stereocenters. The molecule has 4 fully saturated rings. The van der Waals surface area contributed by atoms with Crippen LogP contribution in [-0.2, 0) is 0 Å². The van der Waals surface area contributed by atoms with Crippen molar-refractivity contribution in [2.24, 2.45) is 28.3 Å². The van der Waals surface area contributed by atoms with E-state index in [0.29, 0.717) is 0 Å². The van der Waals surface area contributed by atoms with E-state index in [4.69, 9.17) is 5.21 Å². The van der Waals surface area contributed by atoms with Gasteiger partial charge in [-0.3, -0.25) is 0 Å². The Hall–Kier alpha value is -0.0500. The molecule has 0 aromatic heterocycles. The number of alkyl halides is 1. The number of halogens is 1. The van der Waals surface area contributed by atoms with Gasteiger partial charge < -0.3 is 5.21 Å². The second-order valence-corrected chi connectivity index (χ2v) is 6.44. The molecule has 3 heteroatoms. The maximum absolute atomic E-state index is 9.14. The molecule has 4 saturated carbocycles. The van der Waals surface area contributed by atoms with E-state index in [1.807, 2.05) is 0 Å². The van der Waals surface area contributed by atoms with Gasteiger partial charge in [0.25, 0.3) is 0 Å². The molecule has 15 heavy (non-hydrogen) atoms. The predicted molar refractivity (Wildman–Crippen MR) is 63.6 cm³/mol. The van der Waals surface area contributed by atoms with Gasteiger partial charge in [0.1, 0.15) is 0 Å². The Morgan fingerprint density at radius 1 is 1.13 bits per heavy atom. The van der Waals surface area contributed by atoms with Gasteiger partial charge in [-0.25, -0.2) is 0 Å². The van der Waals surface area contributed by atoms with Crippen LogP contribution in [0.5, 0.6) is 0 Å². The molecular formula is C12H18BrNO. The van der Waals surface area contributed by atoms with E-state index >= 15 is 0 Å². The van der Waals surface area contributed by atoms with Crippen LogP contribution in [0.25, 0.3) is 0 Å². The van der Waals surface area contributed by atoms with Crippen LogP contribution < -0.4 is 0 Å². The first-order valence-corrected chi connectivity index (χ1v) is 7.15. The van der Waals surface area contributed by atoms with Gasteiger partial charge in [0.15, 0.2) is 0 Å². The largest absolute Gasteiger partial charge is 0.411 e. The Labute approximate surface area is 99.2 Å². The SMILES string of the molecule is O/N=C(/CBr)C12CC3CC(CC(C3)C1)C2. The van der Waals surface area contributed by atoms with Crippen LogP contribution in [0.2, 0.25) is 0 Å². The summed E-state index contributed by atoms with van der Waals surface area (Å²) in [5.74, 6) is 2.77. The third kappa shape index (κ3) is 1.46. The summed E-state index contributed by atoms with van der Waals surface area (Å²) < 4.78 is 0. The van der Waals surface area contributed by atoms with Gasteiger partial charge >= 0.3 is 0 Å². The molecule has 84 valence electrons. The minimum Gasteiger partial charge on any atom is -0.411 e. The second-order valence-electron chi connectivity index (χ2n) is 5.88. The molecular weight excluding hydrogens is 254 g/mol. The van der Waals surface area contributed by atoms with Gasteiger partial charge in [0.2, 0.25) is 0 Å². The summed E-state index contributed by atoms with van der Waals surface area (Å²) in [5, 5.41) is 13.5. The molecule has 1 N–H and O–H groups in total. The lowest BCUT2D eigenvalue weighted by Gasteiger charge is -2.56. The minimum atomic E-state index is 0.271. The maximum atomic E-state index is 9.14. The number of oxime groups is 1. The zero-order valence-electron chi connectivity index (χ0n) is 8.95. The highest BCUT2D eigenvalue weighted by Gasteiger charge is 2.53. The first kappa shape index (κ1) is 10.1. The lowest BCUT2D eigenvalue weighted by Crippen LogP contribution is -2.50. The molecule has 4 rings (SSSR count). The summed E-state index contributed by atoms with van der Waals surface area (Å²) in [6.45, 7) is 0. The van der Waals surface area contributed by atoms with Crippen LogP contribution in [0.3, 0.4) is 0 Å². The number of hydrogen-bond acceptors (Lipinski definition) is 2. The Bertz CT molecular complexity index is 265. The molecule has 4 aliphatic carbocycles. The lowest BCUT2D eigenvalue weighted by molar-refractivity contribution is -0.0138. The molecule has 4 bridgehead atoms. The first-order chi connectivity index (χ1) is 7.25. The van der Waals surface area contributed by atoms with Crippen molar-refractivity contribution in [1.29, 1.82) is 0 Å². The zero-order valence-corrected chi connectivity index (χ0v) is 10.5. The van der Waals surface area contributed by atoms with Crippen LogP contribution in [0.4, 0.5) is 0 Å². The number of nitrogens with zero attached hydrogens (tertiary/aromatic N) is 1. The summed E-state index contributed by atoms with van der Waals surface area (Å²) in [4.78, 5) is 0. The van der Waals surface area contributed by atoms with E-state index in [-0.39, 0.29) is 5.41 Å². The minimum absolute atomic E-state index is 0.271. The molecule has 0 unspecified atom stereocenters. The van der Waals surface area contributed by atoms with Gasteiger partial charge in [-0.2, -0.15) is 0 Å². The molecule has 0 aromatic carbocycles. The molecule has 2 nitrogen and oxygen atoms in total. The quantitative estimate of drug-likeness (QED) is 0.355. The normalized spacial score (nSPS) is 48.6. The van der Waals surface area contributed by atoms with Crippen molar-refractivity contribution in [2.75, 3.05) is 5.33 Å². The van der Waals surface area contributed by atoms with Crippen molar-refractivity contribution in [3.05, 3.63) is 0 Å². The predicted octanol–water partition coefficient (Wildman–Crippen LogP) is 3.43. The van der Waals surface area contributed by atoms with Crippen LogP contribution in [0.15, 0.2) is 5.16 Å². The van der Waals surface area contributed by atoms with E-state index in [0.717, 1.165) is 28.8 Å². The molecule has 0 heterocycles. The second kappa shape index (κ2) is 3.47. The Kier molecular flexibility index (Phi) is 2.35. The van der Waals surface area contributed by atoms with Crippen LogP contribution >= 0.6 is 15.9 Å². The maximum Gasteiger partial charge on any atom is 0.0737 e. The molecule has 0 aromatic rings. The first-order valence-electron chi connectivity index (χ1n) is 6.03. The number of rotatable bonds is 2. The van der Waals surface area contributed by atoms with Crippen molar-refractivity contribution in [2.45, 2.75) is 38.5 Å². The summed E-state index contributed by atoms with van der Waals surface area (Å²) in [6, 6.07) is 0. The highest BCUT2D eigenvalue weighted by molar-refractivity contribution is 9.09. The molecule has 0 aliphatic heterocycles. The fourth-order valence-corrected chi connectivity index (χ4v) is 5.45. The summed E-state index contributed by atoms with van der Waals surface area (Å²) >= 11 is 3.48. The standard InChI is InChI=1S/C12H18BrNO/c13-7-11(14-15)12-4-8-1-9(5-12)3-10(2-8)6-12/h8-10,15H,1-7H2/b14-11-. The summed E-state index contributed by atoms with van der Waals surface area (Å²) in [5.41, 5.74) is 1.29. The topological polar surface area (TPSA) is 32.6 Å².